The number of anilines is 1. The Balaban J connectivity index is 2.13. The molecule has 0 fully saturated rings. The van der Waals surface area contributed by atoms with Gasteiger partial charge in [0.1, 0.15) is 16.8 Å². The second-order valence-corrected chi connectivity index (χ2v) is 4.82. The first-order valence-electron chi connectivity index (χ1n) is 5.57. The summed E-state index contributed by atoms with van der Waals surface area (Å²) in [5, 5.41) is 20.7. The summed E-state index contributed by atoms with van der Waals surface area (Å²) >= 11 is 1.31. The molecule has 0 aliphatic rings. The summed E-state index contributed by atoms with van der Waals surface area (Å²) in [5.74, 6) is -0.160. The predicted molar refractivity (Wildman–Crippen MR) is 72.6 cm³/mol. The van der Waals surface area contributed by atoms with Gasteiger partial charge in [0.2, 0.25) is 5.13 Å². The van der Waals surface area contributed by atoms with E-state index in [0.717, 1.165) is 16.3 Å². The average molecular weight is 279 g/mol. The lowest BCUT2D eigenvalue weighted by Crippen LogP contribution is -2.25. The van der Waals surface area contributed by atoms with Crippen LogP contribution in [-0.4, -0.2) is 34.4 Å². The maximum absolute atomic E-state index is 10.7. The lowest BCUT2D eigenvalue weighted by Gasteiger charge is -2.05. The molecule has 0 saturated carbocycles. The molecule has 0 aliphatic heterocycles. The summed E-state index contributed by atoms with van der Waals surface area (Å²) in [4.78, 5) is 10.7. The number of hydrogen-bond donors (Lipinski definition) is 2. The van der Waals surface area contributed by atoms with Gasteiger partial charge in [-0.2, -0.15) is 0 Å². The smallest absolute Gasteiger partial charge is 0.325 e. The topological polar surface area (TPSA) is 84.3 Å². The number of carboxylic acid groups (broad SMARTS) is 1. The van der Waals surface area contributed by atoms with Gasteiger partial charge in [-0.25, -0.2) is 0 Å². The molecule has 1 atom stereocenters. The van der Waals surface area contributed by atoms with Gasteiger partial charge in [0.25, 0.3) is 0 Å². The Morgan fingerprint density at radius 1 is 1.37 bits per heavy atom. The third-order valence-corrected chi connectivity index (χ3v) is 3.38. The first kappa shape index (κ1) is 13.3. The molecule has 19 heavy (non-hydrogen) atoms. The van der Waals surface area contributed by atoms with Gasteiger partial charge in [-0.05, 0) is 31.2 Å². The minimum atomic E-state index is -0.929. The Bertz CT molecular complexity index is 568. The maximum Gasteiger partial charge on any atom is 0.325 e. The molecule has 0 spiro atoms. The zero-order valence-electron chi connectivity index (χ0n) is 10.5. The van der Waals surface area contributed by atoms with Gasteiger partial charge in [0.15, 0.2) is 0 Å². The van der Waals surface area contributed by atoms with E-state index in [9.17, 15) is 4.79 Å². The summed E-state index contributed by atoms with van der Waals surface area (Å²) < 4.78 is 5.08. The lowest BCUT2D eigenvalue weighted by atomic mass is 10.2. The highest BCUT2D eigenvalue weighted by Gasteiger charge is 2.13. The summed E-state index contributed by atoms with van der Waals surface area (Å²) in [6.45, 7) is 1.55. The zero-order valence-corrected chi connectivity index (χ0v) is 11.3. The molecule has 2 N–H and O–H groups in total. The van der Waals surface area contributed by atoms with Gasteiger partial charge in [-0.3, -0.25) is 4.79 Å². The third kappa shape index (κ3) is 3.19. The average Bonchev–Trinajstić information content (AvgIpc) is 2.87. The van der Waals surface area contributed by atoms with Crippen LogP contribution in [0.5, 0.6) is 5.75 Å². The number of ether oxygens (including phenoxy) is 1. The van der Waals surface area contributed by atoms with Crippen LogP contribution in [0, 0.1) is 0 Å². The summed E-state index contributed by atoms with van der Waals surface area (Å²) in [7, 11) is 1.61. The number of nitrogens with zero attached hydrogens (tertiary/aromatic N) is 2. The van der Waals surface area contributed by atoms with Gasteiger partial charge in [0.05, 0.1) is 7.11 Å². The van der Waals surface area contributed by atoms with E-state index in [1.165, 1.54) is 11.3 Å². The van der Waals surface area contributed by atoms with Crippen molar-refractivity contribution >= 4 is 22.4 Å². The Hall–Kier alpha value is -2.15. The van der Waals surface area contributed by atoms with Crippen molar-refractivity contribution in [1.82, 2.24) is 10.2 Å². The number of nitrogens with one attached hydrogen (secondary N) is 1. The second-order valence-electron chi connectivity index (χ2n) is 3.85. The lowest BCUT2D eigenvalue weighted by molar-refractivity contribution is -0.137. The zero-order chi connectivity index (χ0) is 13.8. The molecule has 1 unspecified atom stereocenters. The quantitative estimate of drug-likeness (QED) is 0.872. The van der Waals surface area contributed by atoms with Crippen LogP contribution < -0.4 is 10.1 Å². The van der Waals surface area contributed by atoms with Crippen LogP contribution in [0.15, 0.2) is 24.3 Å². The van der Waals surface area contributed by atoms with Gasteiger partial charge in [0, 0.05) is 5.56 Å². The number of methoxy groups -OCH3 is 1. The fourth-order valence-corrected chi connectivity index (χ4v) is 2.21. The van der Waals surface area contributed by atoms with Gasteiger partial charge >= 0.3 is 5.97 Å². The summed E-state index contributed by atoms with van der Waals surface area (Å²) in [6.07, 6.45) is 0. The van der Waals surface area contributed by atoms with E-state index in [4.69, 9.17) is 9.84 Å². The van der Waals surface area contributed by atoms with Crippen molar-refractivity contribution in [2.75, 3.05) is 12.4 Å². The van der Waals surface area contributed by atoms with Gasteiger partial charge < -0.3 is 15.2 Å². The molecule has 2 aromatic rings. The monoisotopic (exact) mass is 279 g/mol. The number of hydrogen-bond acceptors (Lipinski definition) is 6. The number of carbonyl (C=O) groups is 1. The van der Waals surface area contributed by atoms with Crippen molar-refractivity contribution < 1.29 is 14.6 Å². The number of benzene rings is 1. The van der Waals surface area contributed by atoms with E-state index >= 15 is 0 Å². The van der Waals surface area contributed by atoms with Crippen LogP contribution >= 0.6 is 11.3 Å². The van der Waals surface area contributed by atoms with Crippen LogP contribution in [0.1, 0.15) is 6.92 Å². The number of aromatic nitrogens is 2. The highest BCUT2D eigenvalue weighted by molar-refractivity contribution is 7.18. The molecule has 0 aliphatic carbocycles. The molecule has 7 heteroatoms. The van der Waals surface area contributed by atoms with Crippen LogP contribution in [-0.2, 0) is 4.79 Å². The first-order chi connectivity index (χ1) is 9.10. The highest BCUT2D eigenvalue weighted by Crippen LogP contribution is 2.27. The van der Waals surface area contributed by atoms with E-state index in [1.54, 1.807) is 14.0 Å². The highest BCUT2D eigenvalue weighted by atomic mass is 32.1. The largest absolute Gasteiger partial charge is 0.497 e. The normalized spacial score (nSPS) is 11.9. The molecule has 1 heterocycles. The Kier molecular flexibility index (Phi) is 3.96. The van der Waals surface area contributed by atoms with Crippen molar-refractivity contribution in [2.24, 2.45) is 0 Å². The van der Waals surface area contributed by atoms with Crippen molar-refractivity contribution in [3.05, 3.63) is 24.3 Å². The molecular weight excluding hydrogens is 266 g/mol. The molecule has 6 nitrogen and oxygen atoms in total. The van der Waals surface area contributed by atoms with Crippen LogP contribution in [0.25, 0.3) is 10.6 Å². The standard InChI is InChI=1S/C12H13N3O3S/c1-7(11(16)17)13-12-15-14-10(19-12)8-3-5-9(18-2)6-4-8/h3-7H,1-2H3,(H,13,15)(H,16,17). The second kappa shape index (κ2) is 5.66. The van der Waals surface area contributed by atoms with Gasteiger partial charge in [-0.15, -0.1) is 10.2 Å². The van der Waals surface area contributed by atoms with Crippen molar-refractivity contribution in [1.29, 1.82) is 0 Å². The third-order valence-electron chi connectivity index (χ3n) is 2.47. The van der Waals surface area contributed by atoms with Crippen LogP contribution in [0.2, 0.25) is 0 Å². The molecule has 0 radical (unpaired) electrons. The van der Waals surface area contributed by atoms with E-state index in [0.29, 0.717) is 5.13 Å². The molecule has 0 amide bonds. The van der Waals surface area contributed by atoms with Crippen molar-refractivity contribution in [3.8, 4) is 16.3 Å². The Labute approximate surface area is 114 Å². The molecular formula is C12H13N3O3S. The van der Waals surface area contributed by atoms with Crippen LogP contribution in [0.3, 0.4) is 0 Å². The molecule has 0 saturated heterocycles. The number of carboxylic acids is 1. The van der Waals surface area contributed by atoms with Crippen LogP contribution in [0.4, 0.5) is 5.13 Å². The van der Waals surface area contributed by atoms with Crippen molar-refractivity contribution in [3.63, 3.8) is 0 Å². The fraction of sp³-hybridized carbons (Fsp3) is 0.250. The molecule has 1 aromatic heterocycles. The minimum absolute atomic E-state index is 0.487. The maximum atomic E-state index is 10.7. The SMILES string of the molecule is COc1ccc(-c2nnc(NC(C)C(=O)O)s2)cc1. The van der Waals surface area contributed by atoms with E-state index < -0.39 is 12.0 Å². The minimum Gasteiger partial charge on any atom is -0.497 e. The Morgan fingerprint density at radius 2 is 2.05 bits per heavy atom. The summed E-state index contributed by atoms with van der Waals surface area (Å²) in [5.41, 5.74) is 0.911. The van der Waals surface area contributed by atoms with Crippen molar-refractivity contribution in [2.45, 2.75) is 13.0 Å². The molecule has 2 rings (SSSR count). The van der Waals surface area contributed by atoms with Gasteiger partial charge in [-0.1, -0.05) is 11.3 Å². The fourth-order valence-electron chi connectivity index (χ4n) is 1.38. The van der Waals surface area contributed by atoms with E-state index in [-0.39, 0.29) is 0 Å². The Morgan fingerprint density at radius 3 is 2.63 bits per heavy atom. The molecule has 100 valence electrons. The first-order valence-corrected chi connectivity index (χ1v) is 6.39. The van der Waals surface area contributed by atoms with E-state index in [2.05, 4.69) is 15.5 Å². The van der Waals surface area contributed by atoms with E-state index in [1.807, 2.05) is 24.3 Å². The number of aliphatic carboxylic acids is 1. The molecule has 0 bridgehead atoms. The predicted octanol–water partition coefficient (Wildman–Crippen LogP) is 2.10. The molecule has 1 aromatic carbocycles. The summed E-state index contributed by atoms with van der Waals surface area (Å²) in [6, 6.07) is 6.73. The number of rotatable bonds is 5.